The van der Waals surface area contributed by atoms with Gasteiger partial charge in [-0.3, -0.25) is 9.59 Å². The van der Waals surface area contributed by atoms with Gasteiger partial charge in [-0.1, -0.05) is 20.3 Å². The molecule has 100 valence electrons. The molecule has 0 radical (unpaired) electrons. The highest BCUT2D eigenvalue weighted by atomic mass is 16.5. The van der Waals surface area contributed by atoms with Crippen LogP contribution in [0.2, 0.25) is 0 Å². The maximum Gasteiger partial charge on any atom is 0.245 e. The van der Waals surface area contributed by atoms with Crippen LogP contribution in [0.3, 0.4) is 0 Å². The maximum atomic E-state index is 11.3. The van der Waals surface area contributed by atoms with Crippen molar-refractivity contribution in [1.29, 1.82) is 0 Å². The van der Waals surface area contributed by atoms with E-state index in [1.165, 1.54) is 0 Å². The molecular formula is C13H25NO3. The van der Waals surface area contributed by atoms with Crippen molar-refractivity contribution in [3.8, 4) is 0 Å². The van der Waals surface area contributed by atoms with Crippen LogP contribution in [0, 0.1) is 5.92 Å². The number of Topliss-reactive ketones (excluding diaryl/α,β-unsaturated/α-hetero) is 1. The molecule has 1 N–H and O–H groups in total. The van der Waals surface area contributed by atoms with Gasteiger partial charge >= 0.3 is 0 Å². The van der Waals surface area contributed by atoms with E-state index in [1.54, 1.807) is 0 Å². The predicted molar refractivity (Wildman–Crippen MR) is 67.8 cm³/mol. The molecule has 0 aliphatic heterocycles. The minimum atomic E-state index is -0.0647. The Morgan fingerprint density at radius 3 is 2.47 bits per heavy atom. The van der Waals surface area contributed by atoms with Crippen molar-refractivity contribution in [2.45, 2.75) is 46.5 Å². The van der Waals surface area contributed by atoms with Crippen LogP contribution in [-0.2, 0) is 14.3 Å². The van der Waals surface area contributed by atoms with Gasteiger partial charge in [-0.25, -0.2) is 0 Å². The summed E-state index contributed by atoms with van der Waals surface area (Å²) in [5.74, 6) is 0.399. The van der Waals surface area contributed by atoms with Crippen molar-refractivity contribution in [1.82, 2.24) is 5.32 Å². The summed E-state index contributed by atoms with van der Waals surface area (Å²) in [4.78, 5) is 22.5. The quantitative estimate of drug-likeness (QED) is 0.596. The van der Waals surface area contributed by atoms with Crippen LogP contribution in [0.1, 0.15) is 46.5 Å². The second kappa shape index (κ2) is 10.3. The first-order valence-corrected chi connectivity index (χ1v) is 6.45. The minimum absolute atomic E-state index is 0.0647. The molecule has 0 aromatic rings. The van der Waals surface area contributed by atoms with E-state index in [0.29, 0.717) is 25.4 Å². The summed E-state index contributed by atoms with van der Waals surface area (Å²) < 4.78 is 4.97. The number of ketones is 1. The fourth-order valence-electron chi connectivity index (χ4n) is 1.36. The van der Waals surface area contributed by atoms with E-state index >= 15 is 0 Å². The van der Waals surface area contributed by atoms with Gasteiger partial charge in [0.2, 0.25) is 5.91 Å². The summed E-state index contributed by atoms with van der Waals surface area (Å²) in [7, 11) is 0. The zero-order chi connectivity index (χ0) is 13.1. The molecule has 1 amide bonds. The largest absolute Gasteiger partial charge is 0.372 e. The molecule has 0 unspecified atom stereocenters. The molecular weight excluding hydrogens is 218 g/mol. The highest BCUT2D eigenvalue weighted by Crippen LogP contribution is 2.05. The molecule has 0 aliphatic rings. The molecule has 0 heterocycles. The molecule has 4 nitrogen and oxygen atoms in total. The van der Waals surface area contributed by atoms with E-state index < -0.39 is 0 Å². The molecule has 0 bridgehead atoms. The molecule has 0 fully saturated rings. The minimum Gasteiger partial charge on any atom is -0.372 e. The molecule has 0 saturated carbocycles. The fourth-order valence-corrected chi connectivity index (χ4v) is 1.36. The van der Waals surface area contributed by atoms with E-state index in [2.05, 4.69) is 5.32 Å². The van der Waals surface area contributed by atoms with Gasteiger partial charge in [-0.05, 0) is 19.8 Å². The Morgan fingerprint density at radius 2 is 1.88 bits per heavy atom. The van der Waals surface area contributed by atoms with Crippen LogP contribution in [0.5, 0.6) is 0 Å². The average molecular weight is 243 g/mol. The summed E-state index contributed by atoms with van der Waals surface area (Å²) >= 11 is 0. The Hall–Kier alpha value is -0.900. The number of ether oxygens (including phenoxy) is 1. The van der Waals surface area contributed by atoms with Crippen LogP contribution < -0.4 is 5.32 Å². The molecule has 17 heavy (non-hydrogen) atoms. The summed E-state index contributed by atoms with van der Waals surface area (Å²) in [6.45, 7) is 7.08. The van der Waals surface area contributed by atoms with Crippen molar-refractivity contribution in [3.05, 3.63) is 0 Å². The lowest BCUT2D eigenvalue weighted by Gasteiger charge is -2.06. The first kappa shape index (κ1) is 16.1. The van der Waals surface area contributed by atoms with E-state index in [9.17, 15) is 9.59 Å². The smallest absolute Gasteiger partial charge is 0.245 e. The third-order valence-corrected chi connectivity index (χ3v) is 2.50. The van der Waals surface area contributed by atoms with Crippen molar-refractivity contribution in [3.63, 3.8) is 0 Å². The van der Waals surface area contributed by atoms with E-state index in [1.807, 2.05) is 20.8 Å². The van der Waals surface area contributed by atoms with Gasteiger partial charge in [-0.2, -0.15) is 0 Å². The van der Waals surface area contributed by atoms with Crippen LogP contribution in [0.15, 0.2) is 0 Å². The SMILES string of the molecule is CCOCC(=O)NCCCCCC(=O)C(C)C. The molecule has 0 saturated heterocycles. The van der Waals surface area contributed by atoms with Crippen LogP contribution in [-0.4, -0.2) is 31.4 Å². The summed E-state index contributed by atoms with van der Waals surface area (Å²) in [6, 6.07) is 0. The number of nitrogens with one attached hydrogen (secondary N) is 1. The Kier molecular flexibility index (Phi) is 9.72. The summed E-state index contributed by atoms with van der Waals surface area (Å²) in [6.07, 6.45) is 3.47. The number of hydrogen-bond donors (Lipinski definition) is 1. The molecule has 0 spiro atoms. The average Bonchev–Trinajstić information content (AvgIpc) is 2.30. The van der Waals surface area contributed by atoms with E-state index in [0.717, 1.165) is 19.3 Å². The topological polar surface area (TPSA) is 55.4 Å². The normalized spacial score (nSPS) is 10.6. The number of hydrogen-bond acceptors (Lipinski definition) is 3. The third-order valence-electron chi connectivity index (χ3n) is 2.50. The lowest BCUT2D eigenvalue weighted by molar-refractivity contribution is -0.125. The van der Waals surface area contributed by atoms with Crippen LogP contribution in [0.4, 0.5) is 0 Å². The Labute approximate surface area is 104 Å². The van der Waals surface area contributed by atoms with Gasteiger partial charge in [0, 0.05) is 25.5 Å². The second-order valence-electron chi connectivity index (χ2n) is 4.42. The summed E-state index contributed by atoms with van der Waals surface area (Å²) in [5, 5.41) is 2.78. The van der Waals surface area contributed by atoms with Gasteiger partial charge in [-0.15, -0.1) is 0 Å². The monoisotopic (exact) mass is 243 g/mol. The highest BCUT2D eigenvalue weighted by Gasteiger charge is 2.06. The molecule has 0 rings (SSSR count). The number of carbonyl (C=O) groups is 2. The molecule has 0 aromatic heterocycles. The standard InChI is InChI=1S/C13H25NO3/c1-4-17-10-13(16)14-9-7-5-6-8-12(15)11(2)3/h11H,4-10H2,1-3H3,(H,14,16). The fraction of sp³-hybridized carbons (Fsp3) is 0.846. The molecule has 0 aliphatic carbocycles. The van der Waals surface area contributed by atoms with Gasteiger partial charge in [0.15, 0.2) is 0 Å². The lowest BCUT2D eigenvalue weighted by Crippen LogP contribution is -2.28. The van der Waals surface area contributed by atoms with Crippen molar-refractivity contribution in [2.24, 2.45) is 5.92 Å². The number of amides is 1. The van der Waals surface area contributed by atoms with Crippen molar-refractivity contribution in [2.75, 3.05) is 19.8 Å². The molecule has 0 aromatic carbocycles. The van der Waals surface area contributed by atoms with Gasteiger partial charge in [0.05, 0.1) is 0 Å². The summed E-state index contributed by atoms with van der Waals surface area (Å²) in [5.41, 5.74) is 0. The van der Waals surface area contributed by atoms with Crippen molar-refractivity contribution >= 4 is 11.7 Å². The zero-order valence-corrected chi connectivity index (χ0v) is 11.3. The Bertz CT molecular complexity index is 227. The third kappa shape index (κ3) is 10.00. The number of unbranched alkanes of at least 4 members (excludes halogenated alkanes) is 2. The van der Waals surface area contributed by atoms with Crippen LogP contribution in [0.25, 0.3) is 0 Å². The zero-order valence-electron chi connectivity index (χ0n) is 11.3. The van der Waals surface area contributed by atoms with Gasteiger partial charge in [0.1, 0.15) is 12.4 Å². The number of rotatable bonds is 10. The van der Waals surface area contributed by atoms with Gasteiger partial charge in [0.25, 0.3) is 0 Å². The Balaban J connectivity index is 3.29. The predicted octanol–water partition coefficient (Wildman–Crippen LogP) is 1.92. The Morgan fingerprint density at radius 1 is 1.18 bits per heavy atom. The van der Waals surface area contributed by atoms with E-state index in [4.69, 9.17) is 4.74 Å². The van der Waals surface area contributed by atoms with E-state index in [-0.39, 0.29) is 18.4 Å². The molecule has 4 heteroatoms. The number of carbonyl (C=O) groups excluding carboxylic acids is 2. The second-order valence-corrected chi connectivity index (χ2v) is 4.42. The van der Waals surface area contributed by atoms with Crippen LogP contribution >= 0.6 is 0 Å². The lowest BCUT2D eigenvalue weighted by atomic mass is 10.0. The highest BCUT2D eigenvalue weighted by molar-refractivity contribution is 5.80. The first-order valence-electron chi connectivity index (χ1n) is 6.45. The van der Waals surface area contributed by atoms with Gasteiger partial charge < -0.3 is 10.1 Å². The first-order chi connectivity index (χ1) is 8.07. The maximum absolute atomic E-state index is 11.3. The van der Waals surface area contributed by atoms with Crippen molar-refractivity contribution < 1.29 is 14.3 Å². The molecule has 0 atom stereocenters.